The third-order valence-corrected chi connectivity index (χ3v) is 2.61. The molecule has 0 aromatic heterocycles. The highest BCUT2D eigenvalue weighted by Gasteiger charge is 2.85. The van der Waals surface area contributed by atoms with Gasteiger partial charge in [0.15, 0.2) is 0 Å². The predicted molar refractivity (Wildman–Crippen MR) is 52.0 cm³/mol. The molecule has 2 nitrogen and oxygen atoms in total. The Morgan fingerprint density at radius 2 is 1.21 bits per heavy atom. The van der Waals surface area contributed by atoms with Crippen LogP contribution >= 0.6 is 0 Å². The molecular formula is C10H8F12O2. The number of esters is 1. The van der Waals surface area contributed by atoms with E-state index in [2.05, 4.69) is 4.74 Å². The van der Waals surface area contributed by atoms with Gasteiger partial charge in [-0.2, -0.15) is 39.5 Å². The van der Waals surface area contributed by atoms with Crippen LogP contribution in [0.4, 0.5) is 52.7 Å². The van der Waals surface area contributed by atoms with Crippen molar-refractivity contribution in [3.63, 3.8) is 0 Å². The van der Waals surface area contributed by atoms with E-state index in [1.54, 1.807) is 0 Å². The van der Waals surface area contributed by atoms with Gasteiger partial charge in [-0.25, -0.2) is 13.2 Å². The summed E-state index contributed by atoms with van der Waals surface area (Å²) in [5.74, 6) is -30.6. The van der Waals surface area contributed by atoms with Gasteiger partial charge >= 0.3 is 36.0 Å². The van der Waals surface area contributed by atoms with E-state index in [0.29, 0.717) is 0 Å². The van der Waals surface area contributed by atoms with Crippen molar-refractivity contribution >= 4 is 5.97 Å². The Morgan fingerprint density at radius 1 is 0.833 bits per heavy atom. The Balaban J connectivity index is 5.86. The summed E-state index contributed by atoms with van der Waals surface area (Å²) in [4.78, 5) is 10.5. The second kappa shape index (κ2) is 6.86. The summed E-state index contributed by atoms with van der Waals surface area (Å²) >= 11 is 0. The number of carbonyl (C=O) groups excluding carboxylic acids is 1. The molecule has 0 fully saturated rings. The highest BCUT2D eigenvalue weighted by Crippen LogP contribution is 2.56. The van der Waals surface area contributed by atoms with E-state index >= 15 is 0 Å². The highest BCUT2D eigenvalue weighted by molar-refractivity contribution is 5.69. The smallest absolute Gasteiger partial charge is 0.385 e. The fourth-order valence-electron chi connectivity index (χ4n) is 1.17. The topological polar surface area (TPSA) is 26.3 Å². The van der Waals surface area contributed by atoms with Crippen LogP contribution in [-0.2, 0) is 9.53 Å². The number of alkyl halides is 12. The first-order chi connectivity index (χ1) is 10.5. The van der Waals surface area contributed by atoms with Gasteiger partial charge in [-0.05, 0) is 0 Å². The monoisotopic (exact) mass is 388 g/mol. The van der Waals surface area contributed by atoms with Gasteiger partial charge in [0.05, 0.1) is 0 Å². The third kappa shape index (κ3) is 3.50. The van der Waals surface area contributed by atoms with E-state index < -0.39 is 55.0 Å². The first-order valence-corrected chi connectivity index (χ1v) is 5.75. The molecule has 2 unspecified atom stereocenters. The van der Waals surface area contributed by atoms with Crippen LogP contribution in [-0.4, -0.2) is 48.6 Å². The maximum absolute atomic E-state index is 13.1. The zero-order chi connectivity index (χ0) is 19.7. The number of hydrogen-bond acceptors (Lipinski definition) is 2. The van der Waals surface area contributed by atoms with Gasteiger partial charge in [0.1, 0.15) is 0 Å². The van der Waals surface area contributed by atoms with Crippen molar-refractivity contribution in [1.82, 2.24) is 0 Å². The fourth-order valence-corrected chi connectivity index (χ4v) is 1.17. The second-order valence-electron chi connectivity index (χ2n) is 4.29. The molecule has 0 aliphatic carbocycles. The van der Waals surface area contributed by atoms with Crippen molar-refractivity contribution < 1.29 is 62.2 Å². The molecule has 0 aliphatic rings. The minimum atomic E-state index is -7.46. The minimum Gasteiger partial charge on any atom is -0.424 e. The van der Waals surface area contributed by atoms with Gasteiger partial charge in [-0.1, -0.05) is 6.92 Å². The van der Waals surface area contributed by atoms with E-state index in [4.69, 9.17) is 0 Å². The summed E-state index contributed by atoms with van der Waals surface area (Å²) in [6, 6.07) is 0. The van der Waals surface area contributed by atoms with Crippen molar-refractivity contribution in [3.05, 3.63) is 0 Å². The van der Waals surface area contributed by atoms with Gasteiger partial charge in [0.25, 0.3) is 6.43 Å². The molecule has 0 N–H and O–H groups in total. The summed E-state index contributed by atoms with van der Waals surface area (Å²) < 4.78 is 156. The number of carbonyl (C=O) groups is 1. The summed E-state index contributed by atoms with van der Waals surface area (Å²) in [6.45, 7) is 0.852. The van der Waals surface area contributed by atoms with Crippen molar-refractivity contribution in [2.45, 2.75) is 56.0 Å². The first-order valence-electron chi connectivity index (χ1n) is 5.75. The Labute approximate surface area is 125 Å². The maximum Gasteiger partial charge on any atom is 0.385 e. The maximum atomic E-state index is 13.1. The molecule has 0 bridgehead atoms. The first kappa shape index (κ1) is 22.6. The van der Waals surface area contributed by atoms with Crippen molar-refractivity contribution in [2.75, 3.05) is 0 Å². The normalized spacial score (nSPS) is 16.9. The number of ether oxygens (including phenoxy) is 1. The summed E-state index contributed by atoms with van der Waals surface area (Å²) in [5.41, 5.74) is 0. The van der Waals surface area contributed by atoms with E-state index in [0.717, 1.165) is 6.92 Å². The van der Waals surface area contributed by atoms with Gasteiger partial charge < -0.3 is 4.74 Å². The van der Waals surface area contributed by atoms with E-state index in [1.807, 2.05) is 0 Å². The number of halogens is 12. The molecule has 2 atom stereocenters. The standard InChI is InChI=1S/C10H8F12O2/c1-2-3(23)24-6(14)8(17,18)10(21,22)9(19,20)7(15,16)4(11)5(12)13/h4-6H,2H2,1H3. The molecule has 0 spiro atoms. The van der Waals surface area contributed by atoms with Crippen molar-refractivity contribution in [3.8, 4) is 0 Å². The zero-order valence-electron chi connectivity index (χ0n) is 11.3. The van der Waals surface area contributed by atoms with Crippen LogP contribution in [0.3, 0.4) is 0 Å². The van der Waals surface area contributed by atoms with Gasteiger partial charge in [0.2, 0.25) is 6.17 Å². The van der Waals surface area contributed by atoms with Crippen LogP contribution in [0.2, 0.25) is 0 Å². The molecule has 0 radical (unpaired) electrons. The summed E-state index contributed by atoms with van der Waals surface area (Å²) in [7, 11) is 0. The lowest BCUT2D eigenvalue weighted by Gasteiger charge is -2.38. The molecule has 14 heteroatoms. The second-order valence-corrected chi connectivity index (χ2v) is 4.29. The lowest BCUT2D eigenvalue weighted by Crippen LogP contribution is -2.67. The predicted octanol–water partition coefficient (Wildman–Crippen LogP) is 4.38. The van der Waals surface area contributed by atoms with Crippen LogP contribution in [0.15, 0.2) is 0 Å². The molecule has 0 saturated heterocycles. The molecule has 144 valence electrons. The van der Waals surface area contributed by atoms with Gasteiger partial charge in [0, 0.05) is 6.42 Å². The molecular weight excluding hydrogens is 380 g/mol. The lowest BCUT2D eigenvalue weighted by atomic mass is 9.95. The van der Waals surface area contributed by atoms with Crippen LogP contribution in [0.25, 0.3) is 0 Å². The van der Waals surface area contributed by atoms with Crippen molar-refractivity contribution in [2.24, 2.45) is 0 Å². The largest absolute Gasteiger partial charge is 0.424 e. The Hall–Kier alpha value is -1.37. The molecule has 0 heterocycles. The number of rotatable bonds is 8. The minimum absolute atomic E-state index is 0.852. The van der Waals surface area contributed by atoms with Crippen LogP contribution in [0.1, 0.15) is 13.3 Å². The van der Waals surface area contributed by atoms with Gasteiger partial charge in [-0.15, -0.1) is 0 Å². The van der Waals surface area contributed by atoms with E-state index in [9.17, 15) is 57.5 Å². The molecule has 0 aromatic rings. The van der Waals surface area contributed by atoms with Crippen LogP contribution in [0.5, 0.6) is 0 Å². The number of hydrogen-bond donors (Lipinski definition) is 0. The average molecular weight is 388 g/mol. The Bertz CT molecular complexity index is 449. The molecule has 0 rings (SSSR count). The molecule has 24 heavy (non-hydrogen) atoms. The third-order valence-electron chi connectivity index (χ3n) is 2.61. The zero-order valence-corrected chi connectivity index (χ0v) is 11.3. The summed E-state index contributed by atoms with van der Waals surface area (Å²) in [5, 5.41) is 0. The Morgan fingerprint density at radius 3 is 1.54 bits per heavy atom. The molecule has 0 amide bonds. The quantitative estimate of drug-likeness (QED) is 0.456. The van der Waals surface area contributed by atoms with Crippen LogP contribution < -0.4 is 0 Å². The van der Waals surface area contributed by atoms with Crippen molar-refractivity contribution in [1.29, 1.82) is 0 Å². The van der Waals surface area contributed by atoms with Crippen LogP contribution in [0, 0.1) is 0 Å². The highest BCUT2D eigenvalue weighted by atomic mass is 19.4. The van der Waals surface area contributed by atoms with E-state index in [-0.39, 0.29) is 0 Å². The average Bonchev–Trinajstić information content (AvgIpc) is 2.44. The fraction of sp³-hybridized carbons (Fsp3) is 0.900. The Kier molecular flexibility index (Phi) is 6.47. The molecule has 0 saturated carbocycles. The SMILES string of the molecule is CCC(=O)OC(F)C(F)(F)C(F)(F)C(F)(F)C(F)(F)C(F)C(F)F. The lowest BCUT2D eigenvalue weighted by molar-refractivity contribution is -0.399. The molecule has 0 aromatic carbocycles. The summed E-state index contributed by atoms with van der Waals surface area (Å²) in [6.07, 6.45) is -15.9. The van der Waals surface area contributed by atoms with Gasteiger partial charge in [-0.3, -0.25) is 4.79 Å². The van der Waals surface area contributed by atoms with E-state index in [1.165, 1.54) is 0 Å². The molecule has 0 aliphatic heterocycles.